The number of nitrogens with two attached hydrogens (primary N) is 2. The molecule has 0 bridgehead atoms. The number of nitrogens with one attached hydrogen (secondary N) is 3. The number of rotatable bonds is 24. The van der Waals surface area contributed by atoms with Gasteiger partial charge in [0, 0.05) is 39.3 Å². The summed E-state index contributed by atoms with van der Waals surface area (Å²) in [6, 6.07) is 2.62. The molecule has 0 aromatic heterocycles. The summed E-state index contributed by atoms with van der Waals surface area (Å²) in [4.78, 5) is 67.0. The van der Waals surface area contributed by atoms with Gasteiger partial charge in [-0.1, -0.05) is 54.8 Å². The summed E-state index contributed by atoms with van der Waals surface area (Å²) in [5.74, 6) is -2.02. The minimum atomic E-state index is -1.88. The quantitative estimate of drug-likeness (QED) is 0.0378. The van der Waals surface area contributed by atoms with Gasteiger partial charge in [-0.3, -0.25) is 19.7 Å². The molecule has 2 aliphatic rings. The zero-order valence-corrected chi connectivity index (χ0v) is 38.2. The number of methoxy groups -OCH3 is 2. The number of unbranched alkanes of at least 4 members (excludes halogenated alkanes) is 1. The number of alkyl carbamates (subject to hydrolysis) is 1. The molecule has 1 aromatic carbocycles. The first-order valence-corrected chi connectivity index (χ1v) is 22.1. The van der Waals surface area contributed by atoms with Crippen molar-refractivity contribution in [3.8, 4) is 5.75 Å². The molecule has 0 spiro atoms. The van der Waals surface area contributed by atoms with E-state index in [2.05, 4.69) is 16.0 Å². The Morgan fingerprint density at radius 2 is 1.92 bits per heavy atom. The number of amides is 4. The fourth-order valence-corrected chi connectivity index (χ4v) is 7.97. The molecule has 342 valence electrons. The SMILES string of the molecule is CNC(=O)CC(OC(=O)[C@H](C)N(C)C(=O)C(CSC)NC(=O)[C@H](N)CCCCN)C1(C)OC1C(C)C1CC(O)(C(/C=C/C=C(\C)Cc2ccc(Cl)c(OC)c2)OC)NC(=O)O1. The average molecular weight is 898 g/mol. The first-order valence-electron chi connectivity index (χ1n) is 20.3. The number of ether oxygens (including phenoxy) is 5. The van der Waals surface area contributed by atoms with Crippen LogP contribution in [0.4, 0.5) is 4.79 Å². The number of cyclic esters (lactones) is 1. The van der Waals surface area contributed by atoms with Crippen molar-refractivity contribution in [2.24, 2.45) is 17.4 Å². The predicted molar refractivity (Wildman–Crippen MR) is 233 cm³/mol. The van der Waals surface area contributed by atoms with Crippen LogP contribution in [0.2, 0.25) is 5.02 Å². The van der Waals surface area contributed by atoms with E-state index >= 15 is 0 Å². The molecule has 2 heterocycles. The number of esters is 1. The molecular formula is C42H65ClN6O11S. The van der Waals surface area contributed by atoms with E-state index in [1.165, 1.54) is 44.8 Å². The molecule has 1 aromatic rings. The molecule has 17 nitrogen and oxygen atoms in total. The highest BCUT2D eigenvalue weighted by Gasteiger charge is 2.64. The van der Waals surface area contributed by atoms with Gasteiger partial charge in [0.1, 0.15) is 41.7 Å². The summed E-state index contributed by atoms with van der Waals surface area (Å²) in [5, 5.41) is 20.1. The number of halogens is 1. The lowest BCUT2D eigenvalue weighted by atomic mass is 9.83. The van der Waals surface area contributed by atoms with E-state index in [1.54, 1.807) is 45.4 Å². The molecular weight excluding hydrogens is 832 g/mol. The minimum absolute atomic E-state index is 0.0951. The van der Waals surface area contributed by atoms with Gasteiger partial charge in [-0.15, -0.1) is 0 Å². The van der Waals surface area contributed by atoms with E-state index in [0.29, 0.717) is 43.0 Å². The van der Waals surface area contributed by atoms with Crippen LogP contribution < -0.4 is 32.2 Å². The second-order valence-electron chi connectivity index (χ2n) is 15.8. The first kappa shape index (κ1) is 51.4. The number of carbonyl (C=O) groups excluding carboxylic acids is 5. The molecule has 2 fully saturated rings. The molecule has 0 radical (unpaired) electrons. The molecule has 8 unspecified atom stereocenters. The number of benzene rings is 1. The molecule has 2 aliphatic heterocycles. The van der Waals surface area contributed by atoms with E-state index in [4.69, 9.17) is 46.8 Å². The highest BCUT2D eigenvalue weighted by Crippen LogP contribution is 2.48. The van der Waals surface area contributed by atoms with Crippen molar-refractivity contribution in [2.45, 2.75) is 120 Å². The first-order chi connectivity index (χ1) is 28.8. The predicted octanol–water partition coefficient (Wildman–Crippen LogP) is 2.59. The van der Waals surface area contributed by atoms with Crippen LogP contribution in [-0.4, -0.2) is 141 Å². The molecule has 61 heavy (non-hydrogen) atoms. The Hall–Kier alpha value is -3.91. The largest absolute Gasteiger partial charge is 0.495 e. The van der Waals surface area contributed by atoms with Crippen LogP contribution >= 0.6 is 23.4 Å². The van der Waals surface area contributed by atoms with E-state index < -0.39 is 89.6 Å². The summed E-state index contributed by atoms with van der Waals surface area (Å²) in [6.45, 7) is 7.36. The van der Waals surface area contributed by atoms with Gasteiger partial charge in [-0.2, -0.15) is 11.8 Å². The zero-order valence-electron chi connectivity index (χ0n) is 36.7. The summed E-state index contributed by atoms with van der Waals surface area (Å²) >= 11 is 7.50. The molecule has 4 amide bonds. The van der Waals surface area contributed by atoms with E-state index in [9.17, 15) is 29.1 Å². The molecule has 0 aliphatic carbocycles. The lowest BCUT2D eigenvalue weighted by Crippen LogP contribution is -2.63. The van der Waals surface area contributed by atoms with Crippen molar-refractivity contribution in [3.05, 3.63) is 52.6 Å². The van der Waals surface area contributed by atoms with Gasteiger partial charge in [-0.05, 0) is 70.5 Å². The number of epoxide rings is 1. The second kappa shape index (κ2) is 23.5. The number of hydrogen-bond acceptors (Lipinski definition) is 14. The lowest BCUT2D eigenvalue weighted by molar-refractivity contribution is -0.162. The van der Waals surface area contributed by atoms with Gasteiger partial charge >= 0.3 is 12.1 Å². The summed E-state index contributed by atoms with van der Waals surface area (Å²) in [6.07, 6.45) is 4.50. The normalized spacial score (nSPS) is 24.3. The number of hydrogen-bond donors (Lipinski definition) is 6. The van der Waals surface area contributed by atoms with E-state index in [0.717, 1.165) is 11.1 Å². The topological polar surface area (TPSA) is 246 Å². The van der Waals surface area contributed by atoms with Crippen LogP contribution in [-0.2, 0) is 44.5 Å². The summed E-state index contributed by atoms with van der Waals surface area (Å²) < 4.78 is 28.7. The van der Waals surface area contributed by atoms with Crippen LogP contribution in [0.25, 0.3) is 0 Å². The number of thioether (sulfide) groups is 1. The highest BCUT2D eigenvalue weighted by molar-refractivity contribution is 7.98. The Kier molecular flexibility index (Phi) is 19.8. The smallest absolute Gasteiger partial charge is 0.409 e. The Morgan fingerprint density at radius 1 is 1.21 bits per heavy atom. The monoisotopic (exact) mass is 896 g/mol. The fraction of sp³-hybridized carbons (Fsp3) is 0.643. The van der Waals surface area contributed by atoms with Crippen LogP contribution in [0.15, 0.2) is 42.0 Å². The maximum absolute atomic E-state index is 13.7. The Labute approximate surface area is 368 Å². The van der Waals surface area contributed by atoms with E-state index in [-0.39, 0.29) is 18.6 Å². The van der Waals surface area contributed by atoms with Gasteiger partial charge in [0.05, 0.1) is 30.7 Å². The number of aliphatic hydroxyl groups is 1. The fourth-order valence-electron chi connectivity index (χ4n) is 7.22. The second-order valence-corrected chi connectivity index (χ2v) is 17.1. The molecule has 2 saturated heterocycles. The maximum atomic E-state index is 13.7. The lowest BCUT2D eigenvalue weighted by Gasteiger charge is -2.42. The van der Waals surface area contributed by atoms with Gasteiger partial charge < -0.3 is 55.8 Å². The third-order valence-electron chi connectivity index (χ3n) is 11.2. The third kappa shape index (κ3) is 14.0. The standard InChI is InChI=1S/C42H65ClN6O11S/c1-24(19-27-16-17-28(43)31(20-27)56-7)13-12-15-33(57-8)42(55)22-32(58-40(54)48-42)25(2)36-41(4,60-36)34(21-35(50)46-5)59-39(53)26(3)49(6)38(52)30(23-61-9)47-37(51)29(45)14-10-11-18-44/h12-13,15-17,20,25-26,29-30,32-34,36,55H,10-11,14,18-19,21-23,44-45H2,1-9H3,(H,46,50)(H,47,51)(H,48,54)/b15-12+,24-13+/t25?,26-,29+,30?,32?,33?,34?,36?,41?,42?/m0/s1. The van der Waals surface area contributed by atoms with Gasteiger partial charge in [0.2, 0.25) is 17.7 Å². The highest BCUT2D eigenvalue weighted by atomic mass is 35.5. The van der Waals surface area contributed by atoms with Crippen molar-refractivity contribution in [1.82, 2.24) is 20.9 Å². The van der Waals surface area contributed by atoms with Gasteiger partial charge in [0.15, 0.2) is 5.72 Å². The van der Waals surface area contributed by atoms with Crippen molar-refractivity contribution >= 4 is 53.1 Å². The van der Waals surface area contributed by atoms with Crippen LogP contribution in [0.1, 0.15) is 65.4 Å². The minimum Gasteiger partial charge on any atom is -0.495 e. The Morgan fingerprint density at radius 3 is 2.54 bits per heavy atom. The Bertz CT molecular complexity index is 1750. The number of allylic oxidation sites excluding steroid dienone is 3. The number of likely N-dealkylation sites (N-methyl/N-ethyl adjacent to an activating group) is 1. The summed E-state index contributed by atoms with van der Waals surface area (Å²) in [5.41, 5.74) is 10.5. The van der Waals surface area contributed by atoms with Gasteiger partial charge in [0.25, 0.3) is 0 Å². The zero-order chi connectivity index (χ0) is 45.7. The van der Waals surface area contributed by atoms with Crippen LogP contribution in [0, 0.1) is 5.92 Å². The Balaban J connectivity index is 1.72. The van der Waals surface area contributed by atoms with Crippen molar-refractivity contribution in [1.29, 1.82) is 0 Å². The van der Waals surface area contributed by atoms with Crippen LogP contribution in [0.3, 0.4) is 0 Å². The molecule has 8 N–H and O–H groups in total. The summed E-state index contributed by atoms with van der Waals surface area (Å²) in [7, 11) is 5.83. The number of nitrogens with zero attached hydrogens (tertiary/aromatic N) is 1. The average Bonchev–Trinajstić information content (AvgIpc) is 3.92. The van der Waals surface area contributed by atoms with Gasteiger partial charge in [-0.25, -0.2) is 9.59 Å². The molecule has 19 heteroatoms. The van der Waals surface area contributed by atoms with Crippen molar-refractivity contribution in [2.75, 3.05) is 46.9 Å². The maximum Gasteiger partial charge on any atom is 0.409 e. The van der Waals surface area contributed by atoms with Crippen molar-refractivity contribution < 1.29 is 52.8 Å². The van der Waals surface area contributed by atoms with Crippen LogP contribution in [0.5, 0.6) is 5.75 Å². The van der Waals surface area contributed by atoms with Crippen molar-refractivity contribution in [3.63, 3.8) is 0 Å². The third-order valence-corrected chi connectivity index (χ3v) is 12.2. The number of carbonyl (C=O) groups is 5. The van der Waals surface area contributed by atoms with E-state index in [1.807, 2.05) is 25.1 Å². The molecule has 3 rings (SSSR count). The molecule has 10 atom stereocenters. The molecule has 0 saturated carbocycles.